The molecule has 2 unspecified atom stereocenters. The second kappa shape index (κ2) is 10.4. The van der Waals surface area contributed by atoms with E-state index in [0.717, 1.165) is 57.9 Å². The Morgan fingerprint density at radius 2 is 1.86 bits per heavy atom. The van der Waals surface area contributed by atoms with Crippen LogP contribution in [0.15, 0.2) is 33.9 Å². The summed E-state index contributed by atoms with van der Waals surface area (Å²) in [5.41, 5.74) is 1.63. The topological polar surface area (TPSA) is 78.6 Å². The third-order valence-corrected chi connectivity index (χ3v) is 8.25. The summed E-state index contributed by atoms with van der Waals surface area (Å²) in [6.07, 6.45) is 7.67. The first-order valence-corrected chi connectivity index (χ1v) is 13.1. The van der Waals surface area contributed by atoms with Gasteiger partial charge in [0.25, 0.3) is 0 Å². The van der Waals surface area contributed by atoms with Crippen molar-refractivity contribution in [1.29, 1.82) is 0 Å². The van der Waals surface area contributed by atoms with Crippen LogP contribution in [0.5, 0.6) is 0 Å². The molecule has 0 N–H and O–H groups in total. The van der Waals surface area contributed by atoms with Crippen molar-refractivity contribution in [3.8, 4) is 0 Å². The maximum absolute atomic E-state index is 12.9. The number of rotatable bonds is 9. The Balaban J connectivity index is 1.22. The molecule has 2 aromatic rings. The summed E-state index contributed by atoms with van der Waals surface area (Å²) in [5.74, 6) is 0.650. The van der Waals surface area contributed by atoms with Crippen molar-refractivity contribution in [2.75, 3.05) is 20.3 Å². The maximum Gasteiger partial charge on any atom is 0.353 e. The predicted molar refractivity (Wildman–Crippen MR) is 134 cm³/mol. The van der Waals surface area contributed by atoms with Gasteiger partial charge in [-0.15, -0.1) is 0 Å². The van der Waals surface area contributed by atoms with Crippen LogP contribution < -0.4 is 11.4 Å². The van der Waals surface area contributed by atoms with E-state index in [9.17, 15) is 9.59 Å². The zero-order valence-electron chi connectivity index (χ0n) is 21.1. The Morgan fingerprint density at radius 3 is 2.60 bits per heavy atom. The fraction of sp³-hybridized carbons (Fsp3) is 0.667. The number of aryl methyl sites for hydroxylation is 2. The third kappa shape index (κ3) is 5.01. The van der Waals surface area contributed by atoms with E-state index in [1.54, 1.807) is 11.7 Å². The number of nitrogens with zero attached hydrogens (tertiary/aromatic N) is 4. The highest BCUT2D eigenvalue weighted by atomic mass is 16.5. The molecule has 4 heterocycles. The molecule has 8 heteroatoms. The number of aromatic nitrogens is 3. The first-order chi connectivity index (χ1) is 17.0. The van der Waals surface area contributed by atoms with Gasteiger partial charge in [0.05, 0.1) is 18.8 Å². The van der Waals surface area contributed by atoms with Crippen molar-refractivity contribution < 1.29 is 9.47 Å². The largest absolute Gasteiger partial charge is 0.382 e. The van der Waals surface area contributed by atoms with E-state index in [1.807, 2.05) is 0 Å². The minimum absolute atomic E-state index is 0.190. The van der Waals surface area contributed by atoms with Gasteiger partial charge in [-0.05, 0) is 63.0 Å². The van der Waals surface area contributed by atoms with E-state index in [2.05, 4.69) is 41.1 Å². The first-order valence-electron chi connectivity index (χ1n) is 13.1. The quantitative estimate of drug-likeness (QED) is 0.547. The minimum atomic E-state index is -0.395. The van der Waals surface area contributed by atoms with Gasteiger partial charge in [0, 0.05) is 45.2 Å². The van der Waals surface area contributed by atoms with Crippen LogP contribution in [0.2, 0.25) is 0 Å². The average molecular weight is 483 g/mol. The van der Waals surface area contributed by atoms with E-state index < -0.39 is 5.69 Å². The zero-order chi connectivity index (χ0) is 24.4. The van der Waals surface area contributed by atoms with Gasteiger partial charge in [0.2, 0.25) is 0 Å². The van der Waals surface area contributed by atoms with Gasteiger partial charge in [0.15, 0.2) is 0 Å². The monoisotopic (exact) mass is 482 g/mol. The fourth-order valence-electron chi connectivity index (χ4n) is 6.44. The highest BCUT2D eigenvalue weighted by molar-refractivity contribution is 5.24. The molecular weight excluding hydrogens is 444 g/mol. The van der Waals surface area contributed by atoms with Crippen LogP contribution in [0.3, 0.4) is 0 Å². The maximum atomic E-state index is 12.9. The molecule has 2 bridgehead atoms. The molecule has 8 nitrogen and oxygen atoms in total. The van der Waals surface area contributed by atoms with Gasteiger partial charge in [-0.1, -0.05) is 24.3 Å². The number of methoxy groups -OCH3 is 1. The summed E-state index contributed by atoms with van der Waals surface area (Å²) < 4.78 is 15.3. The molecule has 0 spiro atoms. The van der Waals surface area contributed by atoms with Crippen molar-refractivity contribution in [3.05, 3.63) is 62.2 Å². The van der Waals surface area contributed by atoms with Gasteiger partial charge < -0.3 is 9.47 Å². The van der Waals surface area contributed by atoms with E-state index in [4.69, 9.17) is 9.47 Å². The van der Waals surface area contributed by atoms with Gasteiger partial charge in [-0.25, -0.2) is 14.2 Å². The lowest BCUT2D eigenvalue weighted by molar-refractivity contribution is -0.143. The standard InChI is InChI=1S/C27H38N4O4/c1-20-8-3-4-9-21(20)18-35-27(19-34-2)16-22-11-12-23(17-27)29(22)14-7-15-31-25(32)28-24-10-5-6-13-30(24)26(31)33/h3-4,8-9,22-23H,5-7,10-19H2,1-2H3. The summed E-state index contributed by atoms with van der Waals surface area (Å²) >= 11 is 0. The van der Waals surface area contributed by atoms with Crippen LogP contribution in [0.4, 0.5) is 0 Å². The van der Waals surface area contributed by atoms with Crippen molar-refractivity contribution in [2.24, 2.45) is 0 Å². The first kappa shape index (κ1) is 24.4. The Bertz CT molecular complexity index is 1140. The van der Waals surface area contributed by atoms with E-state index in [1.165, 1.54) is 15.7 Å². The Morgan fingerprint density at radius 1 is 1.09 bits per heavy atom. The molecule has 0 amide bonds. The second-order valence-corrected chi connectivity index (χ2v) is 10.6. The summed E-state index contributed by atoms with van der Waals surface area (Å²) in [5, 5.41) is 0. The fourth-order valence-corrected chi connectivity index (χ4v) is 6.44. The Hall–Kier alpha value is -2.29. The van der Waals surface area contributed by atoms with Crippen LogP contribution in [-0.4, -0.2) is 57.0 Å². The Labute approximate surface area is 206 Å². The molecule has 2 saturated heterocycles. The molecule has 0 radical (unpaired) electrons. The molecule has 0 aliphatic carbocycles. The number of piperidine rings is 1. The molecular formula is C27H38N4O4. The van der Waals surface area contributed by atoms with E-state index in [-0.39, 0.29) is 11.3 Å². The highest BCUT2D eigenvalue weighted by Crippen LogP contribution is 2.43. The Kier molecular flexibility index (Phi) is 7.23. The molecule has 35 heavy (non-hydrogen) atoms. The summed E-state index contributed by atoms with van der Waals surface area (Å²) in [6.45, 7) is 5.31. The molecule has 5 rings (SSSR count). The summed E-state index contributed by atoms with van der Waals surface area (Å²) in [4.78, 5) is 32.2. The molecule has 3 aliphatic rings. The normalized spacial score (nSPS) is 26.1. The summed E-state index contributed by atoms with van der Waals surface area (Å²) in [6, 6.07) is 9.28. The number of benzene rings is 1. The molecule has 3 aliphatic heterocycles. The SMILES string of the molecule is COCC1(OCc2ccccc2C)CC2CCC(C1)N2CCCn1c(=O)nc2n(c1=O)CCCC2. The van der Waals surface area contributed by atoms with Crippen LogP contribution >= 0.6 is 0 Å². The molecule has 1 aromatic carbocycles. The van der Waals surface area contributed by atoms with Gasteiger partial charge in [0.1, 0.15) is 5.82 Å². The number of ether oxygens (including phenoxy) is 2. The van der Waals surface area contributed by atoms with Gasteiger partial charge >= 0.3 is 11.4 Å². The lowest BCUT2D eigenvalue weighted by Crippen LogP contribution is -2.54. The third-order valence-electron chi connectivity index (χ3n) is 8.25. The van der Waals surface area contributed by atoms with Crippen LogP contribution in [0.25, 0.3) is 0 Å². The zero-order valence-corrected chi connectivity index (χ0v) is 21.1. The number of fused-ring (bicyclic) bond motifs is 3. The lowest BCUT2D eigenvalue weighted by Gasteiger charge is -2.46. The van der Waals surface area contributed by atoms with Crippen molar-refractivity contribution >= 4 is 0 Å². The smallest absolute Gasteiger partial charge is 0.353 e. The van der Waals surface area contributed by atoms with Crippen LogP contribution in [0.1, 0.15) is 61.9 Å². The van der Waals surface area contributed by atoms with E-state index >= 15 is 0 Å². The predicted octanol–water partition coefficient (Wildman–Crippen LogP) is 2.67. The highest BCUT2D eigenvalue weighted by Gasteiger charge is 2.48. The molecule has 1 aromatic heterocycles. The van der Waals surface area contributed by atoms with Crippen molar-refractivity contribution in [3.63, 3.8) is 0 Å². The number of hydrogen-bond donors (Lipinski definition) is 0. The lowest BCUT2D eigenvalue weighted by atomic mass is 9.86. The minimum Gasteiger partial charge on any atom is -0.382 e. The van der Waals surface area contributed by atoms with Crippen molar-refractivity contribution in [2.45, 2.75) is 95.7 Å². The molecule has 2 atom stereocenters. The average Bonchev–Trinajstić information content (AvgIpc) is 3.10. The van der Waals surface area contributed by atoms with Gasteiger partial charge in [-0.2, -0.15) is 4.98 Å². The molecule has 2 fully saturated rings. The summed E-state index contributed by atoms with van der Waals surface area (Å²) in [7, 11) is 1.76. The van der Waals surface area contributed by atoms with Crippen molar-refractivity contribution in [1.82, 2.24) is 19.0 Å². The van der Waals surface area contributed by atoms with Crippen LogP contribution in [-0.2, 0) is 35.6 Å². The molecule has 0 saturated carbocycles. The van der Waals surface area contributed by atoms with E-state index in [0.29, 0.717) is 44.2 Å². The molecule has 190 valence electrons. The number of hydrogen-bond acceptors (Lipinski definition) is 6. The van der Waals surface area contributed by atoms with Crippen LogP contribution in [0, 0.1) is 6.92 Å². The second-order valence-electron chi connectivity index (χ2n) is 10.6. The van der Waals surface area contributed by atoms with Gasteiger partial charge in [-0.3, -0.25) is 9.47 Å².